The van der Waals surface area contributed by atoms with Crippen LogP contribution in [0.15, 0.2) is 30.5 Å². The highest BCUT2D eigenvalue weighted by molar-refractivity contribution is 7.15. The quantitative estimate of drug-likeness (QED) is 0.921. The van der Waals surface area contributed by atoms with E-state index < -0.39 is 5.41 Å². The van der Waals surface area contributed by atoms with Crippen molar-refractivity contribution in [3.63, 3.8) is 0 Å². The van der Waals surface area contributed by atoms with Crippen LogP contribution < -0.4 is 5.32 Å². The molecule has 1 aromatic carbocycles. The SMILES string of the molecule is Cc1cnc(NC(=O)C2(Cc3cccc(F)c3)CCN(C)CC2)s1. The van der Waals surface area contributed by atoms with Gasteiger partial charge in [-0.25, -0.2) is 9.37 Å². The number of hydrogen-bond donors (Lipinski definition) is 1. The third-order valence-corrected chi connectivity index (χ3v) is 5.53. The Hall–Kier alpha value is -1.79. The van der Waals surface area contributed by atoms with Crippen molar-refractivity contribution in [2.24, 2.45) is 5.41 Å². The van der Waals surface area contributed by atoms with Crippen molar-refractivity contribution >= 4 is 22.4 Å². The molecule has 3 rings (SSSR count). The third kappa shape index (κ3) is 3.82. The van der Waals surface area contributed by atoms with Crippen LogP contribution in [0.25, 0.3) is 0 Å². The summed E-state index contributed by atoms with van der Waals surface area (Å²) in [5.74, 6) is -0.263. The van der Waals surface area contributed by atoms with E-state index in [2.05, 4.69) is 22.2 Å². The number of nitrogens with zero attached hydrogens (tertiary/aromatic N) is 2. The van der Waals surface area contributed by atoms with Gasteiger partial charge in [-0.2, -0.15) is 0 Å². The van der Waals surface area contributed by atoms with Gasteiger partial charge >= 0.3 is 0 Å². The first-order valence-corrected chi connectivity index (χ1v) is 8.95. The molecule has 0 bridgehead atoms. The summed E-state index contributed by atoms with van der Waals surface area (Å²) in [6.07, 6.45) is 3.83. The van der Waals surface area contributed by atoms with Crippen molar-refractivity contribution in [2.75, 3.05) is 25.5 Å². The number of thiazole rings is 1. The molecule has 1 aliphatic rings. The van der Waals surface area contributed by atoms with Gasteiger partial charge in [-0.3, -0.25) is 4.79 Å². The number of likely N-dealkylation sites (tertiary alicyclic amines) is 1. The fourth-order valence-corrected chi connectivity index (χ4v) is 3.87. The number of halogens is 1. The Balaban J connectivity index is 1.83. The molecule has 4 nitrogen and oxygen atoms in total. The van der Waals surface area contributed by atoms with Gasteiger partial charge in [0.05, 0.1) is 5.41 Å². The van der Waals surface area contributed by atoms with E-state index in [1.165, 1.54) is 23.5 Å². The molecule has 6 heteroatoms. The second-order valence-corrected chi connectivity index (χ2v) is 7.86. The van der Waals surface area contributed by atoms with E-state index in [4.69, 9.17) is 0 Å². The van der Waals surface area contributed by atoms with Crippen LogP contribution in [0.4, 0.5) is 9.52 Å². The Labute approximate surface area is 145 Å². The summed E-state index contributed by atoms with van der Waals surface area (Å²) in [6.45, 7) is 3.69. The summed E-state index contributed by atoms with van der Waals surface area (Å²) >= 11 is 1.47. The number of aromatic nitrogens is 1. The van der Waals surface area contributed by atoms with Gasteiger partial charge in [0.25, 0.3) is 0 Å². The number of hydrogen-bond acceptors (Lipinski definition) is 4. The van der Waals surface area contributed by atoms with Gasteiger partial charge in [0.2, 0.25) is 5.91 Å². The zero-order chi connectivity index (χ0) is 17.2. The normalized spacial score (nSPS) is 17.6. The zero-order valence-electron chi connectivity index (χ0n) is 14.0. The van der Waals surface area contributed by atoms with E-state index in [0.29, 0.717) is 11.6 Å². The number of benzene rings is 1. The Morgan fingerprint density at radius 2 is 2.17 bits per heavy atom. The van der Waals surface area contributed by atoms with E-state index in [9.17, 15) is 9.18 Å². The van der Waals surface area contributed by atoms with Gasteiger partial charge < -0.3 is 10.2 Å². The van der Waals surface area contributed by atoms with Crippen LogP contribution >= 0.6 is 11.3 Å². The number of aryl methyl sites for hydroxylation is 1. The van der Waals surface area contributed by atoms with Gasteiger partial charge in [-0.05, 0) is 64.0 Å². The molecule has 1 aliphatic heterocycles. The summed E-state index contributed by atoms with van der Waals surface area (Å²) in [4.78, 5) is 20.6. The van der Waals surface area contributed by atoms with E-state index in [1.807, 2.05) is 13.0 Å². The maximum absolute atomic E-state index is 13.5. The fraction of sp³-hybridized carbons (Fsp3) is 0.444. The maximum atomic E-state index is 13.5. The van der Waals surface area contributed by atoms with Crippen molar-refractivity contribution in [3.8, 4) is 0 Å². The highest BCUT2D eigenvalue weighted by atomic mass is 32.1. The number of carbonyl (C=O) groups excluding carboxylic acids is 1. The molecule has 1 fully saturated rings. The smallest absolute Gasteiger partial charge is 0.232 e. The molecule has 1 saturated heterocycles. The van der Waals surface area contributed by atoms with Crippen molar-refractivity contribution in [3.05, 3.63) is 46.7 Å². The average molecular weight is 347 g/mol. The minimum atomic E-state index is -0.514. The summed E-state index contributed by atoms with van der Waals surface area (Å²) in [7, 11) is 2.06. The van der Waals surface area contributed by atoms with Gasteiger partial charge in [0.15, 0.2) is 5.13 Å². The monoisotopic (exact) mass is 347 g/mol. The first-order valence-electron chi connectivity index (χ1n) is 8.14. The largest absolute Gasteiger partial charge is 0.306 e. The second kappa shape index (κ2) is 6.99. The van der Waals surface area contributed by atoms with Crippen LogP contribution in [-0.2, 0) is 11.2 Å². The van der Waals surface area contributed by atoms with Crippen LogP contribution in [0, 0.1) is 18.2 Å². The molecule has 2 heterocycles. The number of anilines is 1. The topological polar surface area (TPSA) is 45.2 Å². The van der Waals surface area contributed by atoms with E-state index >= 15 is 0 Å². The zero-order valence-corrected chi connectivity index (χ0v) is 14.8. The second-order valence-electron chi connectivity index (χ2n) is 6.62. The van der Waals surface area contributed by atoms with Crippen molar-refractivity contribution in [1.29, 1.82) is 0 Å². The Morgan fingerprint density at radius 1 is 1.42 bits per heavy atom. The molecular weight excluding hydrogens is 325 g/mol. The van der Waals surface area contributed by atoms with Crippen LogP contribution in [0.3, 0.4) is 0 Å². The minimum absolute atomic E-state index is 0.00536. The Morgan fingerprint density at radius 3 is 2.79 bits per heavy atom. The average Bonchev–Trinajstić information content (AvgIpc) is 2.95. The van der Waals surface area contributed by atoms with Crippen LogP contribution in [0.2, 0.25) is 0 Å². The first kappa shape index (κ1) is 17.0. The third-order valence-electron chi connectivity index (χ3n) is 4.70. The highest BCUT2D eigenvalue weighted by Crippen LogP contribution is 2.36. The molecular formula is C18H22FN3OS. The van der Waals surface area contributed by atoms with E-state index in [-0.39, 0.29) is 11.7 Å². The van der Waals surface area contributed by atoms with Gasteiger partial charge in [-0.1, -0.05) is 12.1 Å². The lowest BCUT2D eigenvalue weighted by atomic mass is 9.73. The molecule has 0 radical (unpaired) electrons. The molecule has 0 aliphatic carbocycles. The number of nitrogens with one attached hydrogen (secondary N) is 1. The Kier molecular flexibility index (Phi) is 4.96. The van der Waals surface area contributed by atoms with Crippen LogP contribution in [-0.4, -0.2) is 35.9 Å². The van der Waals surface area contributed by atoms with Gasteiger partial charge in [0, 0.05) is 11.1 Å². The molecule has 24 heavy (non-hydrogen) atoms. The minimum Gasteiger partial charge on any atom is -0.306 e. The molecule has 0 saturated carbocycles. The standard InChI is InChI=1S/C18H22FN3OS/c1-13-12-20-17(24-13)21-16(23)18(6-8-22(2)9-7-18)11-14-4-3-5-15(19)10-14/h3-5,10,12H,6-9,11H2,1-2H3,(H,20,21,23). The predicted molar refractivity (Wildman–Crippen MR) is 94.7 cm³/mol. The number of piperidine rings is 1. The Bertz CT molecular complexity index is 723. The lowest BCUT2D eigenvalue weighted by Gasteiger charge is -2.39. The first-order chi connectivity index (χ1) is 11.5. The molecule has 2 aromatic rings. The summed E-state index contributed by atoms with van der Waals surface area (Å²) in [5, 5.41) is 3.61. The molecule has 0 atom stereocenters. The van der Waals surface area contributed by atoms with E-state index in [1.54, 1.807) is 12.3 Å². The van der Waals surface area contributed by atoms with Crippen LogP contribution in [0.1, 0.15) is 23.3 Å². The summed E-state index contributed by atoms with van der Waals surface area (Å²) in [6, 6.07) is 6.56. The van der Waals surface area contributed by atoms with Crippen molar-refractivity contribution in [1.82, 2.24) is 9.88 Å². The molecule has 0 unspecified atom stereocenters. The molecule has 0 spiro atoms. The molecule has 128 valence electrons. The number of amides is 1. The van der Waals surface area contributed by atoms with Crippen molar-refractivity contribution in [2.45, 2.75) is 26.2 Å². The van der Waals surface area contributed by atoms with Crippen LogP contribution in [0.5, 0.6) is 0 Å². The number of carbonyl (C=O) groups is 1. The number of rotatable bonds is 4. The predicted octanol–water partition coefficient (Wildman–Crippen LogP) is 3.48. The van der Waals surface area contributed by atoms with Crippen molar-refractivity contribution < 1.29 is 9.18 Å². The van der Waals surface area contributed by atoms with E-state index in [0.717, 1.165) is 36.4 Å². The van der Waals surface area contributed by atoms with Gasteiger partial charge in [-0.15, -0.1) is 11.3 Å². The fourth-order valence-electron chi connectivity index (χ4n) is 3.21. The molecule has 1 N–H and O–H groups in total. The summed E-state index contributed by atoms with van der Waals surface area (Å²) < 4.78 is 13.5. The maximum Gasteiger partial charge on any atom is 0.232 e. The highest BCUT2D eigenvalue weighted by Gasteiger charge is 2.41. The molecule has 1 amide bonds. The van der Waals surface area contributed by atoms with Gasteiger partial charge in [0.1, 0.15) is 5.82 Å². The lowest BCUT2D eigenvalue weighted by molar-refractivity contribution is -0.128. The lowest BCUT2D eigenvalue weighted by Crippen LogP contribution is -2.46. The molecule has 1 aromatic heterocycles. The summed E-state index contributed by atoms with van der Waals surface area (Å²) in [5.41, 5.74) is 0.352.